The van der Waals surface area contributed by atoms with Gasteiger partial charge in [0.25, 0.3) is 0 Å². The third-order valence-corrected chi connectivity index (χ3v) is 6.38. The van der Waals surface area contributed by atoms with Gasteiger partial charge in [0.15, 0.2) is 11.0 Å². The molecule has 2 aromatic carbocycles. The first kappa shape index (κ1) is 24.4. The average Bonchev–Trinajstić information content (AvgIpc) is 3.54. The van der Waals surface area contributed by atoms with Crippen molar-refractivity contribution < 1.29 is 13.9 Å². The number of furan rings is 1. The van der Waals surface area contributed by atoms with Gasteiger partial charge in [0.05, 0.1) is 18.6 Å². The number of nitrogens with one attached hydrogen (secondary N) is 1. The Morgan fingerprint density at radius 3 is 2.49 bits per heavy atom. The lowest BCUT2D eigenvalue weighted by Gasteiger charge is -2.21. The van der Waals surface area contributed by atoms with E-state index < -0.39 is 0 Å². The maximum absolute atomic E-state index is 12.6. The molecule has 9 heteroatoms. The first-order valence-electron chi connectivity index (χ1n) is 11.6. The van der Waals surface area contributed by atoms with E-state index >= 15 is 0 Å². The summed E-state index contributed by atoms with van der Waals surface area (Å²) >= 11 is 1.33. The lowest BCUT2D eigenvalue weighted by molar-refractivity contribution is -0.113. The molecule has 4 rings (SSSR count). The van der Waals surface area contributed by atoms with Crippen molar-refractivity contribution in [1.29, 1.82) is 0 Å². The maximum Gasteiger partial charge on any atom is 0.234 e. The normalized spacial score (nSPS) is 10.8. The first-order valence-corrected chi connectivity index (χ1v) is 12.5. The lowest BCUT2D eigenvalue weighted by Crippen LogP contribution is -2.21. The number of hydrogen-bond donors (Lipinski definition) is 1. The topological polar surface area (TPSA) is 85.4 Å². The van der Waals surface area contributed by atoms with E-state index in [0.717, 1.165) is 36.0 Å². The van der Waals surface area contributed by atoms with Gasteiger partial charge >= 0.3 is 0 Å². The molecule has 182 valence electrons. The fourth-order valence-corrected chi connectivity index (χ4v) is 4.34. The third kappa shape index (κ3) is 6.66. The largest absolute Gasteiger partial charge is 0.486 e. The highest BCUT2D eigenvalue weighted by atomic mass is 32.2. The van der Waals surface area contributed by atoms with Crippen LogP contribution in [0, 0.1) is 0 Å². The molecule has 0 aliphatic carbocycles. The van der Waals surface area contributed by atoms with E-state index in [1.165, 1.54) is 11.8 Å². The van der Waals surface area contributed by atoms with Crippen LogP contribution in [0.2, 0.25) is 0 Å². The number of hydrogen-bond acceptors (Lipinski definition) is 7. The number of benzene rings is 2. The Bertz CT molecular complexity index is 1190. The Morgan fingerprint density at radius 2 is 1.80 bits per heavy atom. The van der Waals surface area contributed by atoms with Crippen molar-refractivity contribution in [3.8, 4) is 5.75 Å². The average molecular weight is 492 g/mol. The van der Waals surface area contributed by atoms with E-state index in [1.54, 1.807) is 6.26 Å². The lowest BCUT2D eigenvalue weighted by atomic mass is 10.2. The van der Waals surface area contributed by atoms with Crippen LogP contribution in [0.1, 0.15) is 25.4 Å². The number of nitrogens with zero attached hydrogens (tertiary/aromatic N) is 4. The van der Waals surface area contributed by atoms with Crippen molar-refractivity contribution >= 4 is 29.0 Å². The zero-order chi connectivity index (χ0) is 24.5. The minimum atomic E-state index is -0.111. The molecule has 0 aliphatic heterocycles. The second kappa shape index (κ2) is 12.1. The van der Waals surface area contributed by atoms with Gasteiger partial charge in [0, 0.05) is 24.5 Å². The summed E-state index contributed by atoms with van der Waals surface area (Å²) in [6.45, 7) is 6.83. The number of amides is 1. The molecule has 1 amide bonds. The van der Waals surface area contributed by atoms with E-state index in [2.05, 4.69) is 34.3 Å². The number of rotatable bonds is 12. The Morgan fingerprint density at radius 1 is 1.03 bits per heavy atom. The molecular weight excluding hydrogens is 462 g/mol. The van der Waals surface area contributed by atoms with Gasteiger partial charge < -0.3 is 19.4 Å². The third-order valence-electron chi connectivity index (χ3n) is 5.41. The maximum atomic E-state index is 12.6. The monoisotopic (exact) mass is 491 g/mol. The minimum Gasteiger partial charge on any atom is -0.486 e. The molecule has 0 spiro atoms. The van der Waals surface area contributed by atoms with Crippen molar-refractivity contribution in [2.75, 3.05) is 29.1 Å². The summed E-state index contributed by atoms with van der Waals surface area (Å²) in [5, 5.41) is 12.2. The predicted octanol–water partition coefficient (Wildman–Crippen LogP) is 5.08. The van der Waals surface area contributed by atoms with Gasteiger partial charge in [-0.3, -0.25) is 9.36 Å². The summed E-state index contributed by atoms with van der Waals surface area (Å²) in [5.41, 5.74) is 1.90. The van der Waals surface area contributed by atoms with Crippen LogP contribution in [0.5, 0.6) is 5.75 Å². The van der Waals surface area contributed by atoms with Crippen molar-refractivity contribution in [3.63, 3.8) is 0 Å². The summed E-state index contributed by atoms with van der Waals surface area (Å²) < 4.78 is 13.3. The Balaban J connectivity index is 1.39. The summed E-state index contributed by atoms with van der Waals surface area (Å²) in [4.78, 5) is 14.9. The number of carbonyl (C=O) groups excluding carboxylic acids is 1. The predicted molar refractivity (Wildman–Crippen MR) is 138 cm³/mol. The van der Waals surface area contributed by atoms with Gasteiger partial charge in [-0.05, 0) is 62.4 Å². The molecule has 0 saturated carbocycles. The van der Waals surface area contributed by atoms with Crippen LogP contribution in [-0.4, -0.2) is 39.5 Å². The van der Waals surface area contributed by atoms with Crippen molar-refractivity contribution in [3.05, 3.63) is 84.6 Å². The second-order valence-electron chi connectivity index (χ2n) is 7.72. The number of carbonyl (C=O) groups is 1. The molecule has 2 heterocycles. The van der Waals surface area contributed by atoms with Crippen LogP contribution in [0.4, 0.5) is 11.4 Å². The highest BCUT2D eigenvalue weighted by Gasteiger charge is 2.16. The van der Waals surface area contributed by atoms with Crippen LogP contribution >= 0.6 is 11.8 Å². The Hall–Kier alpha value is -3.72. The van der Waals surface area contributed by atoms with Crippen molar-refractivity contribution in [1.82, 2.24) is 14.8 Å². The number of anilines is 2. The van der Waals surface area contributed by atoms with Gasteiger partial charge in [-0.25, -0.2) is 0 Å². The van der Waals surface area contributed by atoms with Gasteiger partial charge in [-0.1, -0.05) is 30.0 Å². The van der Waals surface area contributed by atoms with Crippen LogP contribution in [-0.2, 0) is 17.9 Å². The Labute approximate surface area is 209 Å². The molecule has 0 atom stereocenters. The molecule has 0 aliphatic rings. The summed E-state index contributed by atoms with van der Waals surface area (Å²) in [7, 11) is 0. The zero-order valence-corrected chi connectivity index (χ0v) is 20.7. The van der Waals surface area contributed by atoms with Gasteiger partial charge in [-0.2, -0.15) is 0 Å². The zero-order valence-electron chi connectivity index (χ0n) is 19.9. The molecule has 0 bridgehead atoms. The second-order valence-corrected chi connectivity index (χ2v) is 8.66. The minimum absolute atomic E-state index is 0.111. The van der Waals surface area contributed by atoms with Gasteiger partial charge in [0.2, 0.25) is 5.91 Å². The van der Waals surface area contributed by atoms with Crippen LogP contribution in [0.3, 0.4) is 0 Å². The Kier molecular flexibility index (Phi) is 8.45. The number of ether oxygens (including phenoxy) is 1. The molecule has 35 heavy (non-hydrogen) atoms. The van der Waals surface area contributed by atoms with E-state index in [1.807, 2.05) is 71.3 Å². The van der Waals surface area contributed by atoms with Crippen LogP contribution in [0.15, 0.2) is 82.6 Å². The van der Waals surface area contributed by atoms with Crippen LogP contribution in [0.25, 0.3) is 0 Å². The summed E-state index contributed by atoms with van der Waals surface area (Å²) in [5.74, 6) is 2.26. The molecule has 8 nitrogen and oxygen atoms in total. The highest BCUT2D eigenvalue weighted by Crippen LogP contribution is 2.22. The molecule has 2 aromatic heterocycles. The van der Waals surface area contributed by atoms with E-state index in [-0.39, 0.29) is 18.3 Å². The van der Waals surface area contributed by atoms with E-state index in [4.69, 9.17) is 9.15 Å². The number of aromatic nitrogens is 3. The standard InChI is InChI=1S/C26H29N5O3S/c1-3-30(4-2)21-14-12-20(13-15-21)27-25(32)19-35-26-29-28-24(18-34-22-9-6-5-7-10-22)31(26)17-23-11-8-16-33-23/h5-16H,3-4,17-19H2,1-2H3,(H,27,32). The molecule has 0 radical (unpaired) electrons. The van der Waals surface area contributed by atoms with Crippen molar-refractivity contribution in [2.24, 2.45) is 0 Å². The SMILES string of the molecule is CCN(CC)c1ccc(NC(=O)CSc2nnc(COc3ccccc3)n2Cc2ccco2)cc1. The van der Waals surface area contributed by atoms with Gasteiger partial charge in [-0.15, -0.1) is 10.2 Å². The fraction of sp³-hybridized carbons (Fsp3) is 0.269. The molecule has 4 aromatic rings. The molecule has 0 unspecified atom stereocenters. The van der Waals surface area contributed by atoms with Gasteiger partial charge in [0.1, 0.15) is 18.1 Å². The van der Waals surface area contributed by atoms with Crippen molar-refractivity contribution in [2.45, 2.75) is 32.2 Å². The fourth-order valence-electron chi connectivity index (χ4n) is 3.59. The van der Waals surface area contributed by atoms with Crippen LogP contribution < -0.4 is 15.0 Å². The molecular formula is C26H29N5O3S. The summed E-state index contributed by atoms with van der Waals surface area (Å²) in [6.07, 6.45) is 1.63. The smallest absolute Gasteiger partial charge is 0.234 e. The highest BCUT2D eigenvalue weighted by molar-refractivity contribution is 7.99. The van der Waals surface area contributed by atoms with E-state index in [9.17, 15) is 4.79 Å². The number of para-hydroxylation sites is 1. The molecule has 0 saturated heterocycles. The quantitative estimate of drug-likeness (QED) is 0.277. The first-order chi connectivity index (χ1) is 17.2. The molecule has 0 fully saturated rings. The van der Waals surface area contributed by atoms with E-state index in [0.29, 0.717) is 17.5 Å². The summed E-state index contributed by atoms with van der Waals surface area (Å²) in [6, 6.07) is 21.2. The molecule has 1 N–H and O–H groups in total. The number of thioether (sulfide) groups is 1.